The Hall–Kier alpha value is -1.39. The van der Waals surface area contributed by atoms with Crippen molar-refractivity contribution in [3.63, 3.8) is 0 Å². The lowest BCUT2D eigenvalue weighted by atomic mass is 9.94. The molecule has 1 aromatic rings. The van der Waals surface area contributed by atoms with E-state index in [1.807, 2.05) is 12.1 Å². The van der Waals surface area contributed by atoms with Crippen molar-refractivity contribution in [2.75, 3.05) is 31.5 Å². The highest BCUT2D eigenvalue weighted by molar-refractivity contribution is 5.93. The number of carbonyl (C=O) groups excluding carboxylic acids is 1. The fraction of sp³-hybridized carbons (Fsp3) is 0.588. The summed E-state index contributed by atoms with van der Waals surface area (Å²) in [5.41, 5.74) is 3.31. The zero-order chi connectivity index (χ0) is 14.8. The number of hydrogen-bond acceptors (Lipinski definition) is 3. The average molecular weight is 287 g/mol. The standard InChI is InChI=1S/C17H25N3O/c1-12-5-3-7-15(13(12)2)19-17(21)11-20-9-14-6-4-8-18-16(14)10-20/h3,5,7,14,16,18H,4,6,8-11H2,1-2H3,(H,19,21)/t14-,16+/m0/s1. The molecule has 2 fully saturated rings. The number of anilines is 1. The second-order valence-corrected chi connectivity index (χ2v) is 6.45. The third kappa shape index (κ3) is 3.27. The van der Waals surface area contributed by atoms with Crippen LogP contribution < -0.4 is 10.6 Å². The Labute approximate surface area is 126 Å². The third-order valence-corrected chi connectivity index (χ3v) is 4.92. The molecule has 2 aliphatic heterocycles. The predicted molar refractivity (Wildman–Crippen MR) is 85.5 cm³/mol. The molecule has 4 nitrogen and oxygen atoms in total. The fourth-order valence-electron chi connectivity index (χ4n) is 3.54. The highest BCUT2D eigenvalue weighted by Gasteiger charge is 2.34. The van der Waals surface area contributed by atoms with Crippen molar-refractivity contribution in [3.05, 3.63) is 29.3 Å². The zero-order valence-corrected chi connectivity index (χ0v) is 13.0. The molecule has 2 atom stereocenters. The molecule has 1 amide bonds. The number of amides is 1. The smallest absolute Gasteiger partial charge is 0.238 e. The van der Waals surface area contributed by atoms with Crippen LogP contribution >= 0.6 is 0 Å². The lowest BCUT2D eigenvalue weighted by Crippen LogP contribution is -2.41. The van der Waals surface area contributed by atoms with Crippen molar-refractivity contribution in [2.24, 2.45) is 5.92 Å². The van der Waals surface area contributed by atoms with E-state index in [4.69, 9.17) is 0 Å². The number of rotatable bonds is 3. The molecule has 2 heterocycles. The minimum atomic E-state index is 0.0994. The maximum absolute atomic E-state index is 12.3. The summed E-state index contributed by atoms with van der Waals surface area (Å²) >= 11 is 0. The van der Waals surface area contributed by atoms with E-state index in [1.165, 1.54) is 18.4 Å². The molecule has 1 aromatic carbocycles. The number of nitrogens with one attached hydrogen (secondary N) is 2. The summed E-state index contributed by atoms with van der Waals surface area (Å²) in [5.74, 6) is 0.828. The molecule has 2 N–H and O–H groups in total. The molecule has 3 rings (SSSR count). The summed E-state index contributed by atoms with van der Waals surface area (Å²) in [7, 11) is 0. The highest BCUT2D eigenvalue weighted by Crippen LogP contribution is 2.25. The molecule has 0 aromatic heterocycles. The SMILES string of the molecule is Cc1cccc(NC(=O)CN2C[C@@H]3CCCN[C@@H]3C2)c1C. The molecular formula is C17H25N3O. The molecule has 4 heteroatoms. The van der Waals surface area contributed by atoms with E-state index in [2.05, 4.69) is 35.4 Å². The molecule has 21 heavy (non-hydrogen) atoms. The summed E-state index contributed by atoms with van der Waals surface area (Å²) in [5, 5.41) is 6.64. The van der Waals surface area contributed by atoms with Gasteiger partial charge in [0, 0.05) is 24.8 Å². The molecule has 0 radical (unpaired) electrons. The first kappa shape index (κ1) is 14.5. The van der Waals surface area contributed by atoms with Gasteiger partial charge < -0.3 is 10.6 Å². The molecule has 0 spiro atoms. The van der Waals surface area contributed by atoms with E-state index in [9.17, 15) is 4.79 Å². The Morgan fingerprint density at radius 1 is 1.38 bits per heavy atom. The number of carbonyl (C=O) groups is 1. The quantitative estimate of drug-likeness (QED) is 0.893. The van der Waals surface area contributed by atoms with Gasteiger partial charge >= 0.3 is 0 Å². The van der Waals surface area contributed by atoms with Crippen molar-refractivity contribution >= 4 is 11.6 Å². The second-order valence-electron chi connectivity index (χ2n) is 6.45. The molecule has 2 saturated heterocycles. The first-order valence-electron chi connectivity index (χ1n) is 7.95. The Morgan fingerprint density at radius 3 is 3.05 bits per heavy atom. The summed E-state index contributed by atoms with van der Waals surface area (Å²) in [6.45, 7) is 7.82. The van der Waals surface area contributed by atoms with Crippen LogP contribution in [0.25, 0.3) is 0 Å². The molecule has 0 saturated carbocycles. The molecule has 0 aliphatic carbocycles. The summed E-state index contributed by atoms with van der Waals surface area (Å²) in [4.78, 5) is 14.6. The fourth-order valence-corrected chi connectivity index (χ4v) is 3.54. The summed E-state index contributed by atoms with van der Waals surface area (Å²) in [6, 6.07) is 6.63. The monoisotopic (exact) mass is 287 g/mol. The Bertz CT molecular complexity index is 515. The zero-order valence-electron chi connectivity index (χ0n) is 13.0. The van der Waals surface area contributed by atoms with Crippen molar-refractivity contribution < 1.29 is 4.79 Å². The minimum Gasteiger partial charge on any atom is -0.325 e. The van der Waals surface area contributed by atoms with Gasteiger partial charge in [0.2, 0.25) is 5.91 Å². The molecular weight excluding hydrogens is 262 g/mol. The van der Waals surface area contributed by atoms with Gasteiger partial charge in [0.15, 0.2) is 0 Å². The topological polar surface area (TPSA) is 44.4 Å². The van der Waals surface area contributed by atoms with Crippen LogP contribution in [0.15, 0.2) is 18.2 Å². The van der Waals surface area contributed by atoms with Crippen LogP contribution in [0.2, 0.25) is 0 Å². The van der Waals surface area contributed by atoms with Crippen LogP contribution in [-0.2, 0) is 4.79 Å². The number of likely N-dealkylation sites (tertiary alicyclic amines) is 1. The van der Waals surface area contributed by atoms with Crippen LogP contribution in [0.5, 0.6) is 0 Å². The normalized spacial score (nSPS) is 25.6. The Balaban J connectivity index is 1.56. The lowest BCUT2D eigenvalue weighted by Gasteiger charge is -2.24. The van der Waals surface area contributed by atoms with Crippen LogP contribution in [0.3, 0.4) is 0 Å². The van der Waals surface area contributed by atoms with E-state index in [-0.39, 0.29) is 5.91 Å². The minimum absolute atomic E-state index is 0.0994. The number of hydrogen-bond donors (Lipinski definition) is 2. The van der Waals surface area contributed by atoms with E-state index < -0.39 is 0 Å². The van der Waals surface area contributed by atoms with Gasteiger partial charge in [0.1, 0.15) is 0 Å². The van der Waals surface area contributed by atoms with Gasteiger partial charge in [-0.05, 0) is 56.3 Å². The van der Waals surface area contributed by atoms with Crippen molar-refractivity contribution in [1.29, 1.82) is 0 Å². The number of nitrogens with zero attached hydrogens (tertiary/aromatic N) is 1. The number of benzene rings is 1. The van der Waals surface area contributed by atoms with Crippen LogP contribution in [0, 0.1) is 19.8 Å². The molecule has 114 valence electrons. The number of fused-ring (bicyclic) bond motifs is 1. The van der Waals surface area contributed by atoms with Gasteiger partial charge in [-0.3, -0.25) is 9.69 Å². The van der Waals surface area contributed by atoms with Crippen molar-refractivity contribution in [3.8, 4) is 0 Å². The number of aryl methyl sites for hydroxylation is 1. The molecule has 2 aliphatic rings. The predicted octanol–water partition coefficient (Wildman–Crippen LogP) is 1.93. The van der Waals surface area contributed by atoms with Crippen LogP contribution in [0.4, 0.5) is 5.69 Å². The van der Waals surface area contributed by atoms with Gasteiger partial charge in [0.05, 0.1) is 6.54 Å². The first-order valence-corrected chi connectivity index (χ1v) is 7.95. The third-order valence-electron chi connectivity index (χ3n) is 4.92. The Kier molecular flexibility index (Phi) is 4.27. The van der Waals surface area contributed by atoms with Crippen LogP contribution in [-0.4, -0.2) is 43.0 Å². The molecule has 0 bridgehead atoms. The highest BCUT2D eigenvalue weighted by atomic mass is 16.2. The van der Waals surface area contributed by atoms with Gasteiger partial charge in [-0.2, -0.15) is 0 Å². The van der Waals surface area contributed by atoms with E-state index in [0.29, 0.717) is 12.6 Å². The van der Waals surface area contributed by atoms with Gasteiger partial charge in [-0.25, -0.2) is 0 Å². The van der Waals surface area contributed by atoms with E-state index in [0.717, 1.165) is 36.8 Å². The maximum Gasteiger partial charge on any atom is 0.238 e. The summed E-state index contributed by atoms with van der Waals surface area (Å²) < 4.78 is 0. The average Bonchev–Trinajstić information content (AvgIpc) is 2.86. The van der Waals surface area contributed by atoms with Crippen molar-refractivity contribution in [1.82, 2.24) is 10.2 Å². The van der Waals surface area contributed by atoms with Gasteiger partial charge in [0.25, 0.3) is 0 Å². The van der Waals surface area contributed by atoms with Gasteiger partial charge in [-0.1, -0.05) is 12.1 Å². The lowest BCUT2D eigenvalue weighted by molar-refractivity contribution is -0.117. The van der Waals surface area contributed by atoms with Crippen molar-refractivity contribution in [2.45, 2.75) is 32.7 Å². The van der Waals surface area contributed by atoms with E-state index >= 15 is 0 Å². The largest absolute Gasteiger partial charge is 0.325 e. The summed E-state index contributed by atoms with van der Waals surface area (Å²) in [6.07, 6.45) is 2.57. The number of piperidine rings is 1. The second kappa shape index (κ2) is 6.16. The first-order chi connectivity index (χ1) is 10.1. The Morgan fingerprint density at radius 2 is 2.24 bits per heavy atom. The molecule has 0 unspecified atom stereocenters. The van der Waals surface area contributed by atoms with Crippen LogP contribution in [0.1, 0.15) is 24.0 Å². The van der Waals surface area contributed by atoms with Gasteiger partial charge in [-0.15, -0.1) is 0 Å². The van der Waals surface area contributed by atoms with E-state index in [1.54, 1.807) is 0 Å². The maximum atomic E-state index is 12.3.